The van der Waals surface area contributed by atoms with E-state index in [-0.39, 0.29) is 18.1 Å². The summed E-state index contributed by atoms with van der Waals surface area (Å²) >= 11 is 11.9. The minimum Gasteiger partial charge on any atom is -0.325 e. The molecule has 130 valence electrons. The third-order valence-corrected chi connectivity index (χ3v) is 4.30. The number of hydrogen-bond donors (Lipinski definition) is 1. The monoisotopic (exact) mass is 383 g/mol. The van der Waals surface area contributed by atoms with E-state index in [0.29, 0.717) is 26.9 Å². The summed E-state index contributed by atoms with van der Waals surface area (Å²) in [6.45, 7) is 0. The van der Waals surface area contributed by atoms with Crippen LogP contribution in [0.1, 0.15) is 21.5 Å². The Labute approximate surface area is 161 Å². The van der Waals surface area contributed by atoms with Crippen LogP contribution < -0.4 is 5.32 Å². The lowest BCUT2D eigenvalue weighted by atomic mass is 10.0. The van der Waals surface area contributed by atoms with Gasteiger partial charge in [0, 0.05) is 21.2 Å². The number of anilines is 1. The Kier molecular flexibility index (Phi) is 5.71. The van der Waals surface area contributed by atoms with Crippen molar-refractivity contribution < 1.29 is 9.59 Å². The van der Waals surface area contributed by atoms with Crippen molar-refractivity contribution in [1.29, 1.82) is 0 Å². The number of rotatable bonds is 5. The van der Waals surface area contributed by atoms with Crippen LogP contribution in [-0.2, 0) is 11.2 Å². The smallest absolute Gasteiger partial charge is 0.228 e. The van der Waals surface area contributed by atoms with Crippen molar-refractivity contribution in [2.24, 2.45) is 0 Å². The molecule has 3 aromatic carbocycles. The summed E-state index contributed by atoms with van der Waals surface area (Å²) in [5, 5.41) is 3.84. The number of hydrogen-bond acceptors (Lipinski definition) is 2. The van der Waals surface area contributed by atoms with Crippen LogP contribution in [-0.4, -0.2) is 11.7 Å². The Morgan fingerprint density at radius 2 is 1.46 bits per heavy atom. The Hall–Kier alpha value is -2.62. The van der Waals surface area contributed by atoms with Gasteiger partial charge in [0.25, 0.3) is 0 Å². The Morgan fingerprint density at radius 1 is 0.808 bits per heavy atom. The SMILES string of the molecule is O=C(Cc1ccc(Cl)cc1)Nc1ccc(Cl)cc1C(=O)c1ccccc1. The van der Waals surface area contributed by atoms with Gasteiger partial charge < -0.3 is 5.32 Å². The number of carbonyl (C=O) groups excluding carboxylic acids is 2. The molecule has 1 N–H and O–H groups in total. The second kappa shape index (κ2) is 8.17. The van der Waals surface area contributed by atoms with E-state index in [4.69, 9.17) is 23.2 Å². The number of ketones is 1. The first kappa shape index (κ1) is 18.2. The lowest BCUT2D eigenvalue weighted by Crippen LogP contribution is -2.17. The summed E-state index contributed by atoms with van der Waals surface area (Å²) < 4.78 is 0. The van der Waals surface area contributed by atoms with Gasteiger partial charge in [-0.25, -0.2) is 0 Å². The maximum Gasteiger partial charge on any atom is 0.228 e. The molecule has 0 bridgehead atoms. The van der Waals surface area contributed by atoms with Crippen LogP contribution in [0.5, 0.6) is 0 Å². The molecule has 3 rings (SSSR count). The van der Waals surface area contributed by atoms with E-state index in [1.165, 1.54) is 0 Å². The summed E-state index contributed by atoms with van der Waals surface area (Å²) in [5.41, 5.74) is 2.15. The number of benzene rings is 3. The first-order chi connectivity index (χ1) is 12.5. The van der Waals surface area contributed by atoms with E-state index in [1.807, 2.05) is 6.07 Å². The molecule has 1 amide bonds. The van der Waals surface area contributed by atoms with Crippen LogP contribution in [0.15, 0.2) is 72.8 Å². The van der Waals surface area contributed by atoms with E-state index in [1.54, 1.807) is 66.7 Å². The fourth-order valence-electron chi connectivity index (χ4n) is 2.54. The van der Waals surface area contributed by atoms with Gasteiger partial charge in [0.2, 0.25) is 5.91 Å². The Balaban J connectivity index is 1.82. The lowest BCUT2D eigenvalue weighted by molar-refractivity contribution is -0.115. The largest absolute Gasteiger partial charge is 0.325 e. The summed E-state index contributed by atoms with van der Waals surface area (Å²) in [7, 11) is 0. The minimum atomic E-state index is -0.225. The van der Waals surface area contributed by atoms with Gasteiger partial charge in [-0.1, -0.05) is 65.7 Å². The van der Waals surface area contributed by atoms with Crippen LogP contribution in [0.4, 0.5) is 5.69 Å². The van der Waals surface area contributed by atoms with Crippen molar-refractivity contribution in [2.45, 2.75) is 6.42 Å². The Morgan fingerprint density at radius 3 is 2.15 bits per heavy atom. The highest BCUT2D eigenvalue weighted by Gasteiger charge is 2.16. The zero-order valence-electron chi connectivity index (χ0n) is 13.7. The highest BCUT2D eigenvalue weighted by Crippen LogP contribution is 2.24. The number of amides is 1. The van der Waals surface area contributed by atoms with Gasteiger partial charge in [-0.15, -0.1) is 0 Å². The van der Waals surface area contributed by atoms with Gasteiger partial charge in [-0.05, 0) is 35.9 Å². The topological polar surface area (TPSA) is 46.2 Å². The van der Waals surface area contributed by atoms with Crippen LogP contribution in [0.3, 0.4) is 0 Å². The van der Waals surface area contributed by atoms with E-state index in [9.17, 15) is 9.59 Å². The van der Waals surface area contributed by atoms with Gasteiger partial charge in [0.1, 0.15) is 0 Å². The summed E-state index contributed by atoms with van der Waals surface area (Å²) in [5.74, 6) is -0.424. The summed E-state index contributed by atoms with van der Waals surface area (Å²) in [6.07, 6.45) is 0.179. The fourth-order valence-corrected chi connectivity index (χ4v) is 2.84. The van der Waals surface area contributed by atoms with Gasteiger partial charge in [0.15, 0.2) is 5.78 Å². The number of halogens is 2. The average molecular weight is 384 g/mol. The lowest BCUT2D eigenvalue weighted by Gasteiger charge is -2.11. The molecule has 26 heavy (non-hydrogen) atoms. The van der Waals surface area contributed by atoms with Gasteiger partial charge >= 0.3 is 0 Å². The average Bonchev–Trinajstić information content (AvgIpc) is 2.65. The summed E-state index contributed by atoms with van der Waals surface area (Å²) in [6, 6.07) is 20.8. The van der Waals surface area contributed by atoms with Crippen molar-refractivity contribution in [2.75, 3.05) is 5.32 Å². The van der Waals surface area contributed by atoms with Crippen molar-refractivity contribution in [1.82, 2.24) is 0 Å². The van der Waals surface area contributed by atoms with Crippen molar-refractivity contribution in [3.8, 4) is 0 Å². The fraction of sp³-hybridized carbons (Fsp3) is 0.0476. The van der Waals surface area contributed by atoms with Gasteiger partial charge in [-0.3, -0.25) is 9.59 Å². The van der Waals surface area contributed by atoms with Crippen LogP contribution in [0.25, 0.3) is 0 Å². The molecule has 0 aliphatic carbocycles. The van der Waals surface area contributed by atoms with Crippen molar-refractivity contribution in [3.63, 3.8) is 0 Å². The third kappa shape index (κ3) is 4.51. The molecule has 0 aliphatic rings. The van der Waals surface area contributed by atoms with Crippen molar-refractivity contribution in [3.05, 3.63) is 99.5 Å². The highest BCUT2D eigenvalue weighted by molar-refractivity contribution is 6.31. The molecule has 0 saturated carbocycles. The second-order valence-corrected chi connectivity index (χ2v) is 6.61. The molecule has 0 fully saturated rings. The zero-order chi connectivity index (χ0) is 18.5. The molecular weight excluding hydrogens is 369 g/mol. The van der Waals surface area contributed by atoms with Gasteiger partial charge in [0.05, 0.1) is 12.1 Å². The zero-order valence-corrected chi connectivity index (χ0v) is 15.2. The molecule has 0 heterocycles. The maximum absolute atomic E-state index is 12.8. The standard InChI is InChI=1S/C21H15Cl2NO2/c22-16-8-6-14(7-9-16)12-20(25)24-19-11-10-17(23)13-18(19)21(26)15-4-2-1-3-5-15/h1-11,13H,12H2,(H,24,25). The molecule has 0 aromatic heterocycles. The van der Waals surface area contributed by atoms with E-state index in [2.05, 4.69) is 5.32 Å². The van der Waals surface area contributed by atoms with Crippen molar-refractivity contribution >= 4 is 40.6 Å². The molecule has 3 aromatic rings. The quantitative estimate of drug-likeness (QED) is 0.599. The summed E-state index contributed by atoms with van der Waals surface area (Å²) in [4.78, 5) is 25.1. The molecule has 5 heteroatoms. The molecule has 0 radical (unpaired) electrons. The van der Waals surface area contributed by atoms with E-state index < -0.39 is 0 Å². The molecule has 0 atom stereocenters. The second-order valence-electron chi connectivity index (χ2n) is 5.74. The minimum absolute atomic E-state index is 0.179. The predicted molar refractivity (Wildman–Crippen MR) is 105 cm³/mol. The van der Waals surface area contributed by atoms with Crippen LogP contribution in [0, 0.1) is 0 Å². The maximum atomic E-state index is 12.8. The molecule has 0 aliphatic heterocycles. The van der Waals surface area contributed by atoms with E-state index in [0.717, 1.165) is 5.56 Å². The number of carbonyl (C=O) groups is 2. The predicted octanol–water partition coefficient (Wildman–Crippen LogP) is 5.41. The molecule has 0 unspecified atom stereocenters. The first-order valence-corrected chi connectivity index (χ1v) is 8.72. The van der Waals surface area contributed by atoms with E-state index >= 15 is 0 Å². The number of nitrogens with one attached hydrogen (secondary N) is 1. The van der Waals surface area contributed by atoms with Crippen LogP contribution in [0.2, 0.25) is 10.0 Å². The highest BCUT2D eigenvalue weighted by atomic mass is 35.5. The molecule has 0 spiro atoms. The molecule has 3 nitrogen and oxygen atoms in total. The van der Waals surface area contributed by atoms with Crippen LogP contribution >= 0.6 is 23.2 Å². The molecule has 0 saturated heterocycles. The Bertz CT molecular complexity index is 938. The molecular formula is C21H15Cl2NO2. The first-order valence-electron chi connectivity index (χ1n) is 7.96. The van der Waals surface area contributed by atoms with Gasteiger partial charge in [-0.2, -0.15) is 0 Å². The normalized spacial score (nSPS) is 10.4. The third-order valence-electron chi connectivity index (χ3n) is 3.81.